The topological polar surface area (TPSA) is 84.9 Å². The van der Waals surface area contributed by atoms with Gasteiger partial charge in [-0.15, -0.1) is 0 Å². The predicted molar refractivity (Wildman–Crippen MR) is 115 cm³/mol. The number of likely N-dealkylation sites (tertiary alicyclic amines) is 1. The Morgan fingerprint density at radius 1 is 0.968 bits per heavy atom. The van der Waals surface area contributed by atoms with E-state index in [1.54, 1.807) is 47.4 Å². The smallest absolute Gasteiger partial charge is 0.251 e. The van der Waals surface area contributed by atoms with Crippen molar-refractivity contribution in [1.29, 1.82) is 0 Å². The standard InChI is InChI=1S/C23H23ClN2O5/c24-18-3-1-2-17(12-18)23(29)25-14-21(27)26-8-6-15(7-9-26)22(28)16-4-5-19-20(13-16)31-11-10-30-19/h1-5,12-13,15H,6-11,14H2,(H,25,29). The quantitative estimate of drug-likeness (QED) is 0.719. The summed E-state index contributed by atoms with van der Waals surface area (Å²) >= 11 is 5.90. The van der Waals surface area contributed by atoms with E-state index < -0.39 is 0 Å². The molecule has 2 aromatic rings. The zero-order valence-corrected chi connectivity index (χ0v) is 17.7. The van der Waals surface area contributed by atoms with Gasteiger partial charge in [0.25, 0.3) is 5.91 Å². The number of benzene rings is 2. The van der Waals surface area contributed by atoms with Crippen LogP contribution in [0.3, 0.4) is 0 Å². The molecule has 0 unspecified atom stereocenters. The summed E-state index contributed by atoms with van der Waals surface area (Å²) in [6.45, 7) is 1.84. The third-order valence-electron chi connectivity index (χ3n) is 5.53. The molecule has 2 amide bonds. The molecular formula is C23H23ClN2O5. The van der Waals surface area contributed by atoms with Crippen LogP contribution < -0.4 is 14.8 Å². The first-order valence-corrected chi connectivity index (χ1v) is 10.6. The Morgan fingerprint density at radius 3 is 2.45 bits per heavy atom. The van der Waals surface area contributed by atoms with E-state index >= 15 is 0 Å². The van der Waals surface area contributed by atoms with Crippen molar-refractivity contribution in [2.45, 2.75) is 12.8 Å². The van der Waals surface area contributed by atoms with Gasteiger partial charge in [-0.25, -0.2) is 0 Å². The number of Topliss-reactive ketones (excluding diaryl/α,β-unsaturated/α-hetero) is 1. The molecule has 0 aliphatic carbocycles. The fraction of sp³-hybridized carbons (Fsp3) is 0.348. The van der Waals surface area contributed by atoms with Crippen molar-refractivity contribution in [2.24, 2.45) is 5.92 Å². The highest BCUT2D eigenvalue weighted by atomic mass is 35.5. The van der Waals surface area contributed by atoms with Gasteiger partial charge in [-0.2, -0.15) is 0 Å². The fourth-order valence-electron chi connectivity index (χ4n) is 3.82. The second-order valence-electron chi connectivity index (χ2n) is 7.57. The molecule has 162 valence electrons. The maximum absolute atomic E-state index is 12.9. The van der Waals surface area contributed by atoms with Gasteiger partial charge < -0.3 is 19.7 Å². The Balaban J connectivity index is 1.27. The van der Waals surface area contributed by atoms with Crippen molar-refractivity contribution < 1.29 is 23.9 Å². The lowest BCUT2D eigenvalue weighted by molar-refractivity contribution is -0.131. The molecule has 2 aliphatic rings. The first-order chi connectivity index (χ1) is 15.0. The fourth-order valence-corrected chi connectivity index (χ4v) is 4.01. The maximum Gasteiger partial charge on any atom is 0.251 e. The van der Waals surface area contributed by atoms with E-state index in [0.717, 1.165) is 0 Å². The van der Waals surface area contributed by atoms with Crippen LogP contribution in [-0.2, 0) is 4.79 Å². The number of halogens is 1. The largest absolute Gasteiger partial charge is 0.486 e. The third-order valence-corrected chi connectivity index (χ3v) is 5.77. The normalized spacial score (nSPS) is 16.0. The highest BCUT2D eigenvalue weighted by Gasteiger charge is 2.29. The van der Waals surface area contributed by atoms with Crippen LogP contribution in [0.1, 0.15) is 33.6 Å². The second kappa shape index (κ2) is 9.39. The molecule has 7 nitrogen and oxygen atoms in total. The van der Waals surface area contributed by atoms with Crippen LogP contribution in [0.5, 0.6) is 11.5 Å². The highest BCUT2D eigenvalue weighted by molar-refractivity contribution is 6.31. The Morgan fingerprint density at radius 2 is 1.71 bits per heavy atom. The van der Waals surface area contributed by atoms with Crippen LogP contribution in [0.4, 0.5) is 0 Å². The summed E-state index contributed by atoms with van der Waals surface area (Å²) in [5.41, 5.74) is 1.01. The van der Waals surface area contributed by atoms with Gasteiger partial charge in [0.15, 0.2) is 17.3 Å². The van der Waals surface area contributed by atoms with Crippen molar-refractivity contribution in [3.05, 3.63) is 58.6 Å². The molecule has 1 saturated heterocycles. The summed E-state index contributed by atoms with van der Waals surface area (Å²) in [6, 6.07) is 11.8. The van der Waals surface area contributed by atoms with Crippen molar-refractivity contribution in [3.63, 3.8) is 0 Å². The van der Waals surface area contributed by atoms with Crippen LogP contribution in [0.15, 0.2) is 42.5 Å². The van der Waals surface area contributed by atoms with Gasteiger partial charge in [-0.05, 0) is 49.2 Å². The number of piperidine rings is 1. The van der Waals surface area contributed by atoms with Crippen LogP contribution in [0, 0.1) is 5.92 Å². The van der Waals surface area contributed by atoms with E-state index in [-0.39, 0.29) is 30.1 Å². The minimum Gasteiger partial charge on any atom is -0.486 e. The number of carbonyl (C=O) groups is 3. The van der Waals surface area contributed by atoms with Crippen LogP contribution in [0.25, 0.3) is 0 Å². The summed E-state index contributed by atoms with van der Waals surface area (Å²) in [6.07, 6.45) is 1.17. The Labute approximate surface area is 185 Å². The SMILES string of the molecule is O=C(NCC(=O)N1CCC(C(=O)c2ccc3c(c2)OCCO3)CC1)c1cccc(Cl)c1. The average Bonchev–Trinajstić information content (AvgIpc) is 2.81. The summed E-state index contributed by atoms with van der Waals surface area (Å²) in [5.74, 6) is 0.648. The Hall–Kier alpha value is -3.06. The molecule has 0 bridgehead atoms. The molecule has 2 aliphatic heterocycles. The van der Waals surface area contributed by atoms with Crippen LogP contribution in [-0.4, -0.2) is 55.3 Å². The van der Waals surface area contributed by atoms with E-state index in [1.807, 2.05) is 0 Å². The molecule has 8 heteroatoms. The molecule has 1 N–H and O–H groups in total. The van der Waals surface area contributed by atoms with E-state index in [2.05, 4.69) is 5.32 Å². The van der Waals surface area contributed by atoms with E-state index in [0.29, 0.717) is 66.8 Å². The number of ether oxygens (including phenoxy) is 2. The minimum absolute atomic E-state index is 0.0540. The number of nitrogens with one attached hydrogen (secondary N) is 1. The van der Waals surface area contributed by atoms with Crippen molar-refractivity contribution in [1.82, 2.24) is 10.2 Å². The molecule has 2 heterocycles. The van der Waals surface area contributed by atoms with Gasteiger partial charge in [-0.3, -0.25) is 14.4 Å². The lowest BCUT2D eigenvalue weighted by Crippen LogP contribution is -2.45. The first kappa shape index (κ1) is 21.2. The molecule has 0 spiro atoms. The summed E-state index contributed by atoms with van der Waals surface area (Å²) in [5, 5.41) is 3.09. The van der Waals surface area contributed by atoms with Crippen molar-refractivity contribution >= 4 is 29.2 Å². The summed E-state index contributed by atoms with van der Waals surface area (Å²) < 4.78 is 11.1. The van der Waals surface area contributed by atoms with Crippen LogP contribution >= 0.6 is 11.6 Å². The number of rotatable bonds is 5. The van der Waals surface area contributed by atoms with E-state index in [9.17, 15) is 14.4 Å². The maximum atomic E-state index is 12.9. The Bertz CT molecular complexity index is 1000. The lowest BCUT2D eigenvalue weighted by Gasteiger charge is -2.31. The minimum atomic E-state index is -0.348. The summed E-state index contributed by atoms with van der Waals surface area (Å²) in [7, 11) is 0. The van der Waals surface area contributed by atoms with Gasteiger partial charge >= 0.3 is 0 Å². The summed E-state index contributed by atoms with van der Waals surface area (Å²) in [4.78, 5) is 39.2. The van der Waals surface area contributed by atoms with Crippen LogP contribution in [0.2, 0.25) is 5.02 Å². The van der Waals surface area contributed by atoms with Gasteiger partial charge in [0.05, 0.1) is 6.54 Å². The average molecular weight is 443 g/mol. The zero-order valence-electron chi connectivity index (χ0n) is 16.9. The number of hydrogen-bond acceptors (Lipinski definition) is 5. The van der Waals surface area contributed by atoms with Gasteiger partial charge in [0, 0.05) is 35.2 Å². The molecule has 4 rings (SSSR count). The molecule has 0 saturated carbocycles. The van der Waals surface area contributed by atoms with Crippen molar-refractivity contribution in [2.75, 3.05) is 32.8 Å². The number of nitrogens with zero attached hydrogens (tertiary/aromatic N) is 1. The number of amides is 2. The molecule has 1 fully saturated rings. The number of fused-ring (bicyclic) bond motifs is 1. The Kier molecular flexibility index (Phi) is 6.42. The second-order valence-corrected chi connectivity index (χ2v) is 8.01. The van der Waals surface area contributed by atoms with E-state index in [1.165, 1.54) is 0 Å². The number of hydrogen-bond donors (Lipinski definition) is 1. The van der Waals surface area contributed by atoms with Crippen molar-refractivity contribution in [3.8, 4) is 11.5 Å². The van der Waals surface area contributed by atoms with Gasteiger partial charge in [0.2, 0.25) is 5.91 Å². The molecule has 0 atom stereocenters. The predicted octanol–water partition coefficient (Wildman–Crippen LogP) is 2.96. The lowest BCUT2D eigenvalue weighted by atomic mass is 9.88. The first-order valence-electron chi connectivity index (χ1n) is 10.3. The zero-order chi connectivity index (χ0) is 21.8. The highest BCUT2D eigenvalue weighted by Crippen LogP contribution is 2.32. The van der Waals surface area contributed by atoms with E-state index in [4.69, 9.17) is 21.1 Å². The molecule has 0 radical (unpaired) electrons. The molecule has 0 aromatic heterocycles. The van der Waals surface area contributed by atoms with Gasteiger partial charge in [-0.1, -0.05) is 17.7 Å². The monoisotopic (exact) mass is 442 g/mol. The molecule has 2 aromatic carbocycles. The number of carbonyl (C=O) groups excluding carboxylic acids is 3. The molecule has 31 heavy (non-hydrogen) atoms. The molecular weight excluding hydrogens is 420 g/mol. The van der Waals surface area contributed by atoms with Gasteiger partial charge in [0.1, 0.15) is 13.2 Å². The number of ketones is 1. The third kappa shape index (κ3) is 4.99.